The van der Waals surface area contributed by atoms with Gasteiger partial charge in [-0.15, -0.1) is 0 Å². The average molecular weight is 391 g/mol. The first-order valence-corrected chi connectivity index (χ1v) is 8.98. The van der Waals surface area contributed by atoms with Gasteiger partial charge in [0.25, 0.3) is 0 Å². The van der Waals surface area contributed by atoms with E-state index in [2.05, 4.69) is 4.99 Å². The number of hydrogen-bond acceptors (Lipinski definition) is 8. The van der Waals surface area contributed by atoms with Crippen molar-refractivity contribution in [3.63, 3.8) is 0 Å². The lowest BCUT2D eigenvalue weighted by molar-refractivity contribution is -0.147. The molecule has 0 saturated heterocycles. The van der Waals surface area contributed by atoms with Crippen molar-refractivity contribution in [1.29, 1.82) is 0 Å². The molecule has 8 nitrogen and oxygen atoms in total. The Morgan fingerprint density at radius 2 is 1.46 bits per heavy atom. The molecule has 0 radical (unpaired) electrons. The summed E-state index contributed by atoms with van der Waals surface area (Å²) in [5.74, 6) is -3.24. The van der Waals surface area contributed by atoms with Crippen molar-refractivity contribution >= 4 is 29.4 Å². The molecule has 0 fully saturated rings. The molecule has 1 aromatic carbocycles. The van der Waals surface area contributed by atoms with Gasteiger partial charge < -0.3 is 14.2 Å². The molecule has 1 rings (SSSR count). The molecule has 0 saturated carbocycles. The molecule has 0 spiro atoms. The van der Waals surface area contributed by atoms with E-state index in [1.165, 1.54) is 19.1 Å². The molecule has 152 valence electrons. The van der Waals surface area contributed by atoms with Crippen molar-refractivity contribution in [1.82, 2.24) is 0 Å². The van der Waals surface area contributed by atoms with Crippen LogP contribution in [0, 0.1) is 0 Å². The van der Waals surface area contributed by atoms with Crippen molar-refractivity contribution in [2.24, 2.45) is 4.99 Å². The highest BCUT2D eigenvalue weighted by Gasteiger charge is 2.44. The fourth-order valence-corrected chi connectivity index (χ4v) is 2.32. The minimum absolute atomic E-state index is 0.0125. The first-order valence-electron chi connectivity index (χ1n) is 8.98. The van der Waals surface area contributed by atoms with Crippen LogP contribution in [0.3, 0.4) is 0 Å². The van der Waals surface area contributed by atoms with E-state index in [1.807, 2.05) is 0 Å². The number of aliphatic imine (C=N–C) groups is 1. The number of Topliss-reactive ketones (excluding diaryl/α,β-unsaturated/α-hetero) is 1. The Kier molecular flexibility index (Phi) is 9.01. The highest BCUT2D eigenvalue weighted by molar-refractivity contribution is 6.40. The average Bonchev–Trinajstić information content (AvgIpc) is 2.68. The Balaban J connectivity index is 3.45. The number of esters is 3. The van der Waals surface area contributed by atoms with E-state index >= 15 is 0 Å². The maximum absolute atomic E-state index is 13.0. The first-order chi connectivity index (χ1) is 13.3. The Morgan fingerprint density at radius 3 is 2.00 bits per heavy atom. The van der Waals surface area contributed by atoms with Gasteiger partial charge in [0.2, 0.25) is 11.3 Å². The summed E-state index contributed by atoms with van der Waals surface area (Å²) in [4.78, 5) is 53.8. The van der Waals surface area contributed by atoms with Crippen molar-refractivity contribution in [2.75, 3.05) is 19.8 Å². The van der Waals surface area contributed by atoms with Crippen LogP contribution < -0.4 is 0 Å². The molecule has 1 unspecified atom stereocenters. The second kappa shape index (κ2) is 11.0. The molecule has 1 atom stereocenters. The lowest BCUT2D eigenvalue weighted by Gasteiger charge is -2.23. The Labute approximate surface area is 163 Å². The van der Waals surface area contributed by atoms with Gasteiger partial charge in [0, 0.05) is 5.56 Å². The number of nitrogens with zero attached hydrogens (tertiary/aromatic N) is 1. The standard InChI is InChI=1S/C20H25NO7/c1-5-26-16(22)13-15(18(24)27-6-2)21-20(4,19(25)28-7-3)17(23)14-11-9-8-10-12-14/h8-12H,5-7,13H2,1-4H3. The fraction of sp³-hybridized carbons (Fsp3) is 0.450. The summed E-state index contributed by atoms with van der Waals surface area (Å²) >= 11 is 0. The van der Waals surface area contributed by atoms with Crippen LogP contribution in [0.25, 0.3) is 0 Å². The molecule has 0 N–H and O–H groups in total. The lowest BCUT2D eigenvalue weighted by Crippen LogP contribution is -2.45. The molecule has 1 aromatic rings. The predicted octanol–water partition coefficient (Wildman–Crippen LogP) is 2.15. The third-order valence-electron chi connectivity index (χ3n) is 3.64. The number of rotatable bonds is 10. The molecule has 8 heteroatoms. The third-order valence-corrected chi connectivity index (χ3v) is 3.64. The summed E-state index contributed by atoms with van der Waals surface area (Å²) in [6, 6.07) is 8.02. The smallest absolute Gasteiger partial charge is 0.352 e. The van der Waals surface area contributed by atoms with Crippen LogP contribution in [0.4, 0.5) is 0 Å². The van der Waals surface area contributed by atoms with Crippen molar-refractivity contribution in [3.8, 4) is 0 Å². The van der Waals surface area contributed by atoms with Crippen molar-refractivity contribution in [2.45, 2.75) is 39.7 Å². The number of benzene rings is 1. The van der Waals surface area contributed by atoms with E-state index in [1.54, 1.807) is 39.0 Å². The van der Waals surface area contributed by atoms with Crippen LogP contribution in [-0.4, -0.2) is 54.8 Å². The van der Waals surface area contributed by atoms with Crippen molar-refractivity contribution < 1.29 is 33.4 Å². The number of carbonyl (C=O) groups is 4. The monoisotopic (exact) mass is 391 g/mol. The Hall–Kier alpha value is -3.03. The van der Waals surface area contributed by atoms with Gasteiger partial charge in [-0.1, -0.05) is 30.3 Å². The van der Waals surface area contributed by atoms with E-state index in [9.17, 15) is 19.2 Å². The number of ether oxygens (including phenoxy) is 3. The normalized spacial score (nSPS) is 13.2. The highest BCUT2D eigenvalue weighted by atomic mass is 16.5. The molecule has 0 aliphatic carbocycles. The largest absolute Gasteiger partial charge is 0.466 e. The van der Waals surface area contributed by atoms with Crippen LogP contribution in [0.5, 0.6) is 0 Å². The summed E-state index contributed by atoms with van der Waals surface area (Å²) in [5, 5.41) is 0. The van der Waals surface area contributed by atoms with Gasteiger partial charge in [-0.05, 0) is 27.7 Å². The number of ketones is 1. The van der Waals surface area contributed by atoms with Crippen LogP contribution in [0.1, 0.15) is 44.5 Å². The minimum Gasteiger partial charge on any atom is -0.466 e. The van der Waals surface area contributed by atoms with Crippen LogP contribution >= 0.6 is 0 Å². The summed E-state index contributed by atoms with van der Waals surface area (Å²) in [5.41, 5.74) is -2.24. The van der Waals surface area contributed by atoms with E-state index in [-0.39, 0.29) is 31.1 Å². The fourth-order valence-electron chi connectivity index (χ4n) is 2.32. The molecule has 0 amide bonds. The van der Waals surface area contributed by atoms with Crippen molar-refractivity contribution in [3.05, 3.63) is 35.9 Å². The number of hydrogen-bond donors (Lipinski definition) is 0. The molecule has 0 aromatic heterocycles. The molecule has 0 aliphatic rings. The Bertz CT molecular complexity index is 742. The zero-order valence-electron chi connectivity index (χ0n) is 16.5. The van der Waals surface area contributed by atoms with E-state index in [0.717, 1.165) is 0 Å². The molecular formula is C20H25NO7. The van der Waals surface area contributed by atoms with E-state index < -0.39 is 35.7 Å². The summed E-state index contributed by atoms with van der Waals surface area (Å²) in [6.07, 6.45) is -0.538. The third kappa shape index (κ3) is 6.00. The van der Waals surface area contributed by atoms with Gasteiger partial charge in [0.1, 0.15) is 5.71 Å². The van der Waals surface area contributed by atoms with Gasteiger partial charge in [0.15, 0.2) is 0 Å². The second-order valence-corrected chi connectivity index (χ2v) is 5.75. The Morgan fingerprint density at radius 1 is 0.893 bits per heavy atom. The van der Waals surface area contributed by atoms with Gasteiger partial charge in [-0.3, -0.25) is 14.6 Å². The van der Waals surface area contributed by atoms with Gasteiger partial charge >= 0.3 is 17.9 Å². The molecular weight excluding hydrogens is 366 g/mol. The maximum atomic E-state index is 13.0. The summed E-state index contributed by atoms with van der Waals surface area (Å²) in [6.45, 7) is 6.17. The van der Waals surface area contributed by atoms with Gasteiger partial charge in [-0.25, -0.2) is 9.59 Å². The number of carbonyl (C=O) groups excluding carboxylic acids is 4. The topological polar surface area (TPSA) is 108 Å². The zero-order chi connectivity index (χ0) is 21.2. The highest BCUT2D eigenvalue weighted by Crippen LogP contribution is 2.21. The summed E-state index contributed by atoms with van der Waals surface area (Å²) in [7, 11) is 0. The van der Waals surface area contributed by atoms with E-state index in [0.29, 0.717) is 0 Å². The van der Waals surface area contributed by atoms with Crippen LogP contribution in [0.2, 0.25) is 0 Å². The predicted molar refractivity (Wildman–Crippen MR) is 101 cm³/mol. The summed E-state index contributed by atoms with van der Waals surface area (Å²) < 4.78 is 14.8. The second-order valence-electron chi connectivity index (χ2n) is 5.75. The van der Waals surface area contributed by atoms with Gasteiger partial charge in [-0.2, -0.15) is 0 Å². The maximum Gasteiger partial charge on any atom is 0.352 e. The van der Waals surface area contributed by atoms with Crippen LogP contribution in [-0.2, 0) is 28.6 Å². The first kappa shape index (κ1) is 23.0. The molecule has 28 heavy (non-hydrogen) atoms. The lowest BCUT2D eigenvalue weighted by atomic mass is 9.91. The zero-order valence-corrected chi connectivity index (χ0v) is 16.5. The SMILES string of the molecule is CCOC(=O)CC(=NC(C)(C(=O)OCC)C(=O)c1ccccc1)C(=O)OCC. The molecule has 0 heterocycles. The molecule has 0 aliphatic heterocycles. The molecule has 0 bridgehead atoms. The van der Waals surface area contributed by atoms with Crippen LogP contribution in [0.15, 0.2) is 35.3 Å². The quantitative estimate of drug-likeness (QED) is 0.198. The van der Waals surface area contributed by atoms with E-state index in [4.69, 9.17) is 14.2 Å². The minimum atomic E-state index is -2.06. The van der Waals surface area contributed by atoms with Gasteiger partial charge in [0.05, 0.1) is 26.2 Å².